The van der Waals surface area contributed by atoms with Crippen LogP contribution in [0.2, 0.25) is 0 Å². The molecule has 0 spiro atoms. The largest absolute Gasteiger partial charge is 0.281 e. The highest BCUT2D eigenvalue weighted by molar-refractivity contribution is 7.90. The first-order valence-electron chi connectivity index (χ1n) is 6.87. The average Bonchev–Trinajstić information content (AvgIpc) is 2.87. The fraction of sp³-hybridized carbons (Fsp3) is 0.533. The summed E-state index contributed by atoms with van der Waals surface area (Å²) in [4.78, 5) is 11.9. The van der Waals surface area contributed by atoms with E-state index in [4.69, 9.17) is 11.6 Å². The summed E-state index contributed by atoms with van der Waals surface area (Å²) in [5.41, 5.74) is 0.810. The minimum Gasteiger partial charge on any atom is -0.281 e. The predicted molar refractivity (Wildman–Crippen MR) is 79.7 cm³/mol. The van der Waals surface area contributed by atoms with E-state index in [1.54, 1.807) is 24.3 Å². The van der Waals surface area contributed by atoms with Crippen LogP contribution in [0, 0.1) is 5.92 Å². The molecule has 20 heavy (non-hydrogen) atoms. The van der Waals surface area contributed by atoms with Crippen LogP contribution in [0.4, 0.5) is 0 Å². The van der Waals surface area contributed by atoms with Gasteiger partial charge in [0.05, 0.1) is 10.8 Å². The molecule has 0 N–H and O–H groups in total. The van der Waals surface area contributed by atoms with E-state index in [1.807, 2.05) is 0 Å². The van der Waals surface area contributed by atoms with Crippen molar-refractivity contribution in [3.8, 4) is 0 Å². The summed E-state index contributed by atoms with van der Waals surface area (Å²) in [6, 6.07) is 6.50. The molecule has 1 aliphatic carbocycles. The molecule has 1 fully saturated rings. The molecule has 1 saturated carbocycles. The number of benzene rings is 1. The number of sulfone groups is 1. The molecular weight excluding hydrogens is 296 g/mol. The van der Waals surface area contributed by atoms with Gasteiger partial charge in [0.25, 0.3) is 0 Å². The lowest BCUT2D eigenvalue weighted by Gasteiger charge is -2.17. The zero-order valence-corrected chi connectivity index (χ0v) is 13.1. The van der Waals surface area contributed by atoms with E-state index in [9.17, 15) is 13.2 Å². The lowest BCUT2D eigenvalue weighted by Crippen LogP contribution is -2.11. The van der Waals surface area contributed by atoms with Gasteiger partial charge < -0.3 is 0 Å². The molecule has 1 atom stereocenters. The topological polar surface area (TPSA) is 51.2 Å². The van der Waals surface area contributed by atoms with E-state index in [-0.39, 0.29) is 16.1 Å². The Hall–Kier alpha value is -0.870. The second kappa shape index (κ2) is 6.27. The van der Waals surface area contributed by atoms with Crippen molar-refractivity contribution in [2.24, 2.45) is 5.92 Å². The van der Waals surface area contributed by atoms with Crippen molar-refractivity contribution in [3.05, 3.63) is 29.8 Å². The van der Waals surface area contributed by atoms with Crippen LogP contribution in [0.3, 0.4) is 0 Å². The summed E-state index contributed by atoms with van der Waals surface area (Å²) in [6.45, 7) is 0. The molecule has 3 nitrogen and oxygen atoms in total. The summed E-state index contributed by atoms with van der Waals surface area (Å²) in [5, 5.41) is -0.357. The van der Waals surface area contributed by atoms with Crippen LogP contribution in [0.25, 0.3) is 0 Å². The third-order valence-corrected chi connectivity index (χ3v) is 5.42. The first kappa shape index (κ1) is 15.5. The zero-order valence-electron chi connectivity index (χ0n) is 11.5. The Kier molecular flexibility index (Phi) is 4.86. The summed E-state index contributed by atoms with van der Waals surface area (Å²) in [5.74, 6) is 0.227. The molecule has 0 heterocycles. The summed E-state index contributed by atoms with van der Waals surface area (Å²) in [7, 11) is -3.21. The molecule has 1 aromatic carbocycles. The van der Waals surface area contributed by atoms with Gasteiger partial charge in [0.15, 0.2) is 9.84 Å². The summed E-state index contributed by atoms with van der Waals surface area (Å²) in [6.07, 6.45) is 6.69. The normalized spacial score (nSPS) is 18.1. The Morgan fingerprint density at radius 3 is 2.25 bits per heavy atom. The molecule has 1 aromatic rings. The van der Waals surface area contributed by atoms with Crippen molar-refractivity contribution in [3.63, 3.8) is 0 Å². The molecule has 0 amide bonds. The van der Waals surface area contributed by atoms with Crippen molar-refractivity contribution in [1.29, 1.82) is 0 Å². The van der Waals surface area contributed by atoms with E-state index in [0.29, 0.717) is 5.92 Å². The number of hydrogen-bond donors (Lipinski definition) is 0. The van der Waals surface area contributed by atoms with Crippen molar-refractivity contribution in [1.82, 2.24) is 0 Å². The van der Waals surface area contributed by atoms with Crippen LogP contribution < -0.4 is 0 Å². The van der Waals surface area contributed by atoms with Crippen LogP contribution in [0.1, 0.15) is 43.6 Å². The third-order valence-electron chi connectivity index (χ3n) is 4.03. The maximum absolute atomic E-state index is 11.7. The number of hydrogen-bond acceptors (Lipinski definition) is 3. The van der Waals surface area contributed by atoms with Crippen molar-refractivity contribution in [2.45, 2.75) is 42.9 Å². The summed E-state index contributed by atoms with van der Waals surface area (Å²) >= 11 is 5.73. The van der Waals surface area contributed by atoms with Crippen LogP contribution >= 0.6 is 11.6 Å². The molecule has 1 unspecified atom stereocenters. The van der Waals surface area contributed by atoms with Gasteiger partial charge in [0, 0.05) is 6.26 Å². The Morgan fingerprint density at radius 1 is 1.25 bits per heavy atom. The first-order chi connectivity index (χ1) is 9.38. The molecule has 0 aromatic heterocycles. The van der Waals surface area contributed by atoms with E-state index in [1.165, 1.54) is 19.1 Å². The number of halogens is 1. The van der Waals surface area contributed by atoms with Crippen LogP contribution in [-0.4, -0.2) is 19.9 Å². The van der Waals surface area contributed by atoms with Crippen molar-refractivity contribution >= 4 is 26.7 Å². The number of carbonyl (C=O) groups excluding carboxylic acids is 1. The van der Waals surface area contributed by atoms with Gasteiger partial charge in [0.1, 0.15) is 0 Å². The van der Waals surface area contributed by atoms with Crippen LogP contribution in [0.15, 0.2) is 29.2 Å². The van der Waals surface area contributed by atoms with Crippen LogP contribution in [0.5, 0.6) is 0 Å². The van der Waals surface area contributed by atoms with E-state index in [2.05, 4.69) is 0 Å². The minimum absolute atomic E-state index is 0.267. The second-order valence-electron chi connectivity index (χ2n) is 5.58. The highest BCUT2D eigenvalue weighted by Gasteiger charge is 2.25. The van der Waals surface area contributed by atoms with Gasteiger partial charge in [-0.2, -0.15) is 0 Å². The number of rotatable bonds is 5. The maximum Gasteiger partial charge on any atom is 0.229 e. The van der Waals surface area contributed by atoms with Crippen molar-refractivity contribution < 1.29 is 13.2 Å². The Labute approximate surface area is 125 Å². The maximum atomic E-state index is 11.7. The smallest absolute Gasteiger partial charge is 0.229 e. The Balaban J connectivity index is 2.19. The molecule has 0 aliphatic heterocycles. The average molecular weight is 315 g/mol. The van der Waals surface area contributed by atoms with Crippen LogP contribution in [-0.2, 0) is 14.6 Å². The standard InChI is InChI=1S/C15H19ClO3S/c1-20(18,19)13-8-6-12(7-9-13)14(15(16)17)10-11-4-2-3-5-11/h6-9,11,14H,2-5,10H2,1H3. The SMILES string of the molecule is CS(=O)(=O)c1ccc(C(CC2CCCC2)C(=O)Cl)cc1. The van der Waals surface area contributed by atoms with E-state index < -0.39 is 9.84 Å². The first-order valence-corrected chi connectivity index (χ1v) is 9.14. The monoisotopic (exact) mass is 314 g/mol. The van der Waals surface area contributed by atoms with Gasteiger partial charge in [-0.1, -0.05) is 37.8 Å². The molecule has 0 saturated heterocycles. The second-order valence-corrected chi connectivity index (χ2v) is 7.97. The Morgan fingerprint density at radius 2 is 1.80 bits per heavy atom. The fourth-order valence-electron chi connectivity index (χ4n) is 2.89. The van der Waals surface area contributed by atoms with E-state index >= 15 is 0 Å². The highest BCUT2D eigenvalue weighted by Crippen LogP contribution is 2.35. The quantitative estimate of drug-likeness (QED) is 0.781. The van der Waals surface area contributed by atoms with Gasteiger partial charge in [-0.3, -0.25) is 4.79 Å². The minimum atomic E-state index is -3.21. The van der Waals surface area contributed by atoms with Crippen molar-refractivity contribution in [2.75, 3.05) is 6.26 Å². The zero-order chi connectivity index (χ0) is 14.8. The third kappa shape index (κ3) is 3.83. The van der Waals surface area contributed by atoms with Gasteiger partial charge in [-0.15, -0.1) is 0 Å². The summed E-state index contributed by atoms with van der Waals surface area (Å²) < 4.78 is 22.9. The number of carbonyl (C=O) groups is 1. The van der Waals surface area contributed by atoms with E-state index in [0.717, 1.165) is 24.8 Å². The molecule has 110 valence electrons. The van der Waals surface area contributed by atoms with Gasteiger partial charge >= 0.3 is 0 Å². The van der Waals surface area contributed by atoms with Gasteiger partial charge in [-0.05, 0) is 41.6 Å². The lowest BCUT2D eigenvalue weighted by atomic mass is 9.89. The molecule has 2 rings (SSSR count). The molecule has 1 aliphatic rings. The molecule has 0 radical (unpaired) electrons. The Bertz CT molecular complexity index is 572. The highest BCUT2D eigenvalue weighted by atomic mass is 35.5. The predicted octanol–water partition coefficient (Wildman–Crippen LogP) is 3.52. The molecular formula is C15H19ClO3S. The molecule has 0 bridgehead atoms. The fourth-order valence-corrected chi connectivity index (χ4v) is 3.73. The van der Waals surface area contributed by atoms with Gasteiger partial charge in [0.2, 0.25) is 5.24 Å². The van der Waals surface area contributed by atoms with Gasteiger partial charge in [-0.25, -0.2) is 8.42 Å². The lowest BCUT2D eigenvalue weighted by molar-refractivity contribution is -0.113. The molecule has 5 heteroatoms.